The molecule has 0 amide bonds. The molecule has 1 aliphatic rings. The molecule has 3 heterocycles. The third-order valence-electron chi connectivity index (χ3n) is 6.61. The number of fused-ring (bicyclic) bond motifs is 1. The van der Waals surface area contributed by atoms with Gasteiger partial charge < -0.3 is 9.30 Å². The summed E-state index contributed by atoms with van der Waals surface area (Å²) in [7, 11) is 0. The minimum absolute atomic E-state index is 0.0788. The molecule has 0 N–H and O–H groups in total. The van der Waals surface area contributed by atoms with Crippen molar-refractivity contribution in [3.05, 3.63) is 95.1 Å². The molecule has 0 bridgehead atoms. The van der Waals surface area contributed by atoms with Crippen LogP contribution in [0.1, 0.15) is 47.0 Å². The summed E-state index contributed by atoms with van der Waals surface area (Å²) in [5.41, 5.74) is -1.84. The lowest BCUT2D eigenvalue weighted by Gasteiger charge is -2.35. The third-order valence-corrected chi connectivity index (χ3v) is 6.61. The molecule has 6 nitrogen and oxygen atoms in total. The normalized spacial score (nSPS) is 18.6. The zero-order chi connectivity index (χ0) is 27.9. The van der Waals surface area contributed by atoms with Gasteiger partial charge in [0.15, 0.2) is 5.82 Å². The maximum absolute atomic E-state index is 13.7. The molecule has 0 aliphatic carbocycles. The molecule has 2 aromatic heterocycles. The van der Waals surface area contributed by atoms with E-state index in [-0.39, 0.29) is 24.6 Å². The van der Waals surface area contributed by atoms with Crippen molar-refractivity contribution in [2.75, 3.05) is 0 Å². The molecule has 1 aliphatic heterocycles. The van der Waals surface area contributed by atoms with Gasteiger partial charge in [-0.3, -0.25) is 0 Å². The van der Waals surface area contributed by atoms with Gasteiger partial charge in [0, 0.05) is 31.3 Å². The zero-order valence-corrected chi connectivity index (χ0v) is 20.2. The number of halogens is 7. The number of nitrogens with zero attached hydrogens (tertiary/aromatic N) is 5. The average molecular weight is 551 g/mol. The fourth-order valence-corrected chi connectivity index (χ4v) is 4.67. The maximum atomic E-state index is 13.7. The number of rotatable bonds is 5. The van der Waals surface area contributed by atoms with Crippen LogP contribution in [0.15, 0.2) is 61.2 Å². The molecule has 3 atom stereocenters. The summed E-state index contributed by atoms with van der Waals surface area (Å²) >= 11 is 0. The van der Waals surface area contributed by atoms with Crippen LogP contribution in [0.2, 0.25) is 0 Å². The van der Waals surface area contributed by atoms with Gasteiger partial charge in [-0.25, -0.2) is 14.4 Å². The molecular formula is C26H20F7N5O. The summed E-state index contributed by atoms with van der Waals surface area (Å²) < 4.78 is 102. The predicted octanol–water partition coefficient (Wildman–Crippen LogP) is 6.40. The zero-order valence-electron chi connectivity index (χ0n) is 20.2. The number of alkyl halides is 6. The van der Waals surface area contributed by atoms with Gasteiger partial charge in [0.1, 0.15) is 18.0 Å². The first-order valence-electron chi connectivity index (χ1n) is 11.8. The molecular weight excluding hydrogens is 531 g/mol. The first-order valence-corrected chi connectivity index (χ1v) is 11.8. The van der Waals surface area contributed by atoms with Gasteiger partial charge >= 0.3 is 12.4 Å². The van der Waals surface area contributed by atoms with Gasteiger partial charge in [-0.05, 0) is 48.4 Å². The lowest BCUT2D eigenvalue weighted by molar-refractivity contribution is -0.143. The third kappa shape index (κ3) is 5.63. The van der Waals surface area contributed by atoms with E-state index in [1.165, 1.54) is 25.4 Å². The minimum Gasteiger partial charge on any atom is -0.369 e. The van der Waals surface area contributed by atoms with Crippen molar-refractivity contribution >= 4 is 0 Å². The van der Waals surface area contributed by atoms with E-state index in [9.17, 15) is 30.7 Å². The molecule has 5 rings (SSSR count). The topological polar surface area (TPSA) is 65.7 Å². The average Bonchev–Trinajstić information content (AvgIpc) is 3.31. The molecule has 0 fully saturated rings. The molecule has 13 heteroatoms. The highest BCUT2D eigenvalue weighted by atomic mass is 19.4. The molecule has 4 aromatic rings. The maximum Gasteiger partial charge on any atom is 0.416 e. The highest BCUT2D eigenvalue weighted by Crippen LogP contribution is 2.40. The highest BCUT2D eigenvalue weighted by molar-refractivity contribution is 5.52. The largest absolute Gasteiger partial charge is 0.416 e. The highest BCUT2D eigenvalue weighted by Gasteiger charge is 2.39. The Morgan fingerprint density at radius 3 is 2.10 bits per heavy atom. The van der Waals surface area contributed by atoms with E-state index in [1.807, 2.05) is 4.57 Å². The summed E-state index contributed by atoms with van der Waals surface area (Å²) in [5.74, 6) is 0.0744. The van der Waals surface area contributed by atoms with Crippen molar-refractivity contribution in [3.8, 4) is 11.4 Å². The van der Waals surface area contributed by atoms with Gasteiger partial charge in [0.25, 0.3) is 0 Å². The van der Waals surface area contributed by atoms with E-state index >= 15 is 0 Å². The van der Waals surface area contributed by atoms with Crippen LogP contribution in [0.4, 0.5) is 30.7 Å². The van der Waals surface area contributed by atoms with Gasteiger partial charge in [-0.2, -0.15) is 26.3 Å². The number of benzene rings is 2. The van der Waals surface area contributed by atoms with Crippen molar-refractivity contribution in [2.45, 2.75) is 50.4 Å². The minimum atomic E-state index is -4.98. The molecule has 2 aromatic carbocycles. The molecule has 204 valence electrons. The van der Waals surface area contributed by atoms with Crippen molar-refractivity contribution in [1.29, 1.82) is 0 Å². The van der Waals surface area contributed by atoms with E-state index in [1.54, 1.807) is 24.5 Å². The van der Waals surface area contributed by atoms with Gasteiger partial charge in [-0.15, -0.1) is 10.2 Å². The summed E-state index contributed by atoms with van der Waals surface area (Å²) in [4.78, 5) is 7.99. The first kappa shape index (κ1) is 26.7. The quantitative estimate of drug-likeness (QED) is 0.269. The van der Waals surface area contributed by atoms with E-state index in [0.717, 1.165) is 0 Å². The molecule has 0 saturated carbocycles. The molecule has 0 saturated heterocycles. The van der Waals surface area contributed by atoms with Crippen molar-refractivity contribution in [1.82, 2.24) is 24.7 Å². The molecule has 0 radical (unpaired) electrons. The van der Waals surface area contributed by atoms with E-state index in [0.29, 0.717) is 34.9 Å². The van der Waals surface area contributed by atoms with Crippen LogP contribution >= 0.6 is 0 Å². The number of ether oxygens (including phenoxy) is 1. The Hall–Kier alpha value is -3.87. The van der Waals surface area contributed by atoms with Crippen LogP contribution < -0.4 is 0 Å². The van der Waals surface area contributed by atoms with Crippen LogP contribution in [0.5, 0.6) is 0 Å². The Kier molecular flexibility index (Phi) is 6.87. The van der Waals surface area contributed by atoms with Gasteiger partial charge in [-0.1, -0.05) is 12.1 Å². The predicted molar refractivity (Wildman–Crippen MR) is 124 cm³/mol. The Morgan fingerprint density at radius 1 is 0.897 bits per heavy atom. The van der Waals surface area contributed by atoms with Crippen LogP contribution in [0.25, 0.3) is 11.4 Å². The number of hydrogen-bond donors (Lipinski definition) is 0. The summed E-state index contributed by atoms with van der Waals surface area (Å²) in [6.07, 6.45) is -7.18. The SMILES string of the molecule is C[C@@H](O[C@H]1Cc2nnc(-c3cncnc3)n2C[C@@H]1c1ccc(F)cc1)c1cc(C(F)(F)F)cc(C(F)(F)F)c1. The molecule has 0 unspecified atom stereocenters. The van der Waals surface area contributed by atoms with E-state index in [4.69, 9.17) is 4.74 Å². The van der Waals surface area contributed by atoms with Gasteiger partial charge in [0.2, 0.25) is 0 Å². The second kappa shape index (κ2) is 10.0. The second-order valence-electron chi connectivity index (χ2n) is 9.20. The lowest BCUT2D eigenvalue weighted by atomic mass is 9.88. The summed E-state index contributed by atoms with van der Waals surface area (Å²) in [5, 5.41) is 8.45. The monoisotopic (exact) mass is 551 g/mol. The Balaban J connectivity index is 1.51. The van der Waals surface area contributed by atoms with E-state index in [2.05, 4.69) is 20.2 Å². The van der Waals surface area contributed by atoms with Crippen molar-refractivity contribution in [2.24, 2.45) is 0 Å². The lowest BCUT2D eigenvalue weighted by Crippen LogP contribution is -2.35. The standard InChI is InChI=1S/C26H20F7N5O/c1-14(16-6-18(25(28,29)30)8-19(7-16)26(31,32)33)39-22-9-23-36-37-24(17-10-34-13-35-11-17)38(23)12-21(22)15-2-4-20(27)5-3-15/h2-8,10-11,13-14,21-22H,9,12H2,1H3/t14-,21-,22+/m1/s1. The summed E-state index contributed by atoms with van der Waals surface area (Å²) in [6, 6.07) is 7.06. The van der Waals surface area contributed by atoms with Crippen LogP contribution in [-0.2, 0) is 30.1 Å². The van der Waals surface area contributed by atoms with Crippen LogP contribution in [0, 0.1) is 5.82 Å². The molecule has 0 spiro atoms. The molecule has 39 heavy (non-hydrogen) atoms. The fourth-order valence-electron chi connectivity index (χ4n) is 4.67. The smallest absolute Gasteiger partial charge is 0.369 e. The Labute approximate surface area is 217 Å². The Morgan fingerprint density at radius 2 is 1.51 bits per heavy atom. The Bertz CT molecular complexity index is 1420. The van der Waals surface area contributed by atoms with Gasteiger partial charge in [0.05, 0.1) is 28.9 Å². The van der Waals surface area contributed by atoms with E-state index < -0.39 is 47.4 Å². The van der Waals surface area contributed by atoms with Crippen LogP contribution in [-0.4, -0.2) is 30.8 Å². The number of hydrogen-bond acceptors (Lipinski definition) is 5. The van der Waals surface area contributed by atoms with Crippen molar-refractivity contribution < 1.29 is 35.5 Å². The number of aromatic nitrogens is 5. The fraction of sp³-hybridized carbons (Fsp3) is 0.308. The van der Waals surface area contributed by atoms with Crippen molar-refractivity contribution in [3.63, 3.8) is 0 Å². The second-order valence-corrected chi connectivity index (χ2v) is 9.20. The summed E-state index contributed by atoms with van der Waals surface area (Å²) in [6.45, 7) is 1.65. The first-order chi connectivity index (χ1) is 18.4. The van der Waals surface area contributed by atoms with Crippen LogP contribution in [0.3, 0.4) is 0 Å².